The molecule has 4 aliphatic rings. The first kappa shape index (κ1) is 28.3. The van der Waals surface area contributed by atoms with Crippen molar-refractivity contribution in [3.8, 4) is 0 Å². The van der Waals surface area contributed by atoms with Gasteiger partial charge in [-0.15, -0.1) is 0 Å². The van der Waals surface area contributed by atoms with Gasteiger partial charge in [-0.25, -0.2) is 0 Å². The van der Waals surface area contributed by atoms with Gasteiger partial charge in [0.25, 0.3) is 0 Å². The first-order chi connectivity index (χ1) is 16.9. The Labute approximate surface area is 220 Å². The molecule has 4 nitrogen and oxygen atoms in total. The van der Waals surface area contributed by atoms with Gasteiger partial charge in [0.2, 0.25) is 0 Å². The smallest absolute Gasteiger partial charge is 0.0689 e. The van der Waals surface area contributed by atoms with Crippen molar-refractivity contribution in [2.24, 2.45) is 40.4 Å². The van der Waals surface area contributed by atoms with Crippen molar-refractivity contribution in [2.75, 3.05) is 6.61 Å². The van der Waals surface area contributed by atoms with E-state index in [0.29, 0.717) is 29.6 Å². The van der Waals surface area contributed by atoms with E-state index in [1.807, 2.05) is 13.8 Å². The molecule has 4 N–H and O–H groups in total. The number of aliphatic hydroxyl groups is 4. The molecule has 36 heavy (non-hydrogen) atoms. The summed E-state index contributed by atoms with van der Waals surface area (Å²) in [5.74, 6) is 2.28. The molecule has 0 unspecified atom stereocenters. The molecular weight excluding hydrogens is 448 g/mol. The zero-order chi connectivity index (χ0) is 26.3. The molecule has 4 rings (SSSR count). The SMILES string of the molecule is C[C@H](CCCC(C)(C)O)[C@H]1CC[C@H]2C3=CC=C4C[C@@H](O)[C@@H](CCCCCO)[C@H](O)[C@]4(C)[C@H]3CC[C@]12C. The fourth-order valence-electron chi connectivity index (χ4n) is 9.24. The fourth-order valence-corrected chi connectivity index (χ4v) is 9.24. The summed E-state index contributed by atoms with van der Waals surface area (Å²) in [6, 6.07) is 0. The lowest BCUT2D eigenvalue weighted by Crippen LogP contribution is -2.56. The maximum Gasteiger partial charge on any atom is 0.0689 e. The molecule has 9 atom stereocenters. The van der Waals surface area contributed by atoms with E-state index >= 15 is 0 Å². The fraction of sp³-hybridized carbons (Fsp3) is 0.875. The maximum atomic E-state index is 11.8. The zero-order valence-corrected chi connectivity index (χ0v) is 23.7. The van der Waals surface area contributed by atoms with Gasteiger partial charge < -0.3 is 20.4 Å². The summed E-state index contributed by atoms with van der Waals surface area (Å²) in [6.07, 6.45) is 15.9. The Morgan fingerprint density at radius 3 is 2.44 bits per heavy atom. The van der Waals surface area contributed by atoms with Gasteiger partial charge in [0, 0.05) is 17.9 Å². The highest BCUT2D eigenvalue weighted by atomic mass is 16.3. The third-order valence-corrected chi connectivity index (χ3v) is 11.4. The third kappa shape index (κ3) is 5.14. The second kappa shape index (κ2) is 10.8. The van der Waals surface area contributed by atoms with Gasteiger partial charge in [-0.2, -0.15) is 0 Å². The Kier molecular flexibility index (Phi) is 8.52. The number of unbranched alkanes of at least 4 members (excludes halogenated alkanes) is 2. The van der Waals surface area contributed by atoms with Crippen LogP contribution in [0, 0.1) is 40.4 Å². The van der Waals surface area contributed by atoms with Crippen LogP contribution < -0.4 is 0 Å². The standard InChI is InChI=1S/C32H54O4/c1-21(10-9-17-30(2,3)36)25-14-15-26-23-13-12-22-20-28(34)24(11-7-6-8-19-33)29(35)32(22,5)27(23)16-18-31(25,26)4/h12-13,21,24-29,33-36H,6-11,14-20H2,1-5H3/t21-,24-,25-,26+,27+,28-,29+,31-,32+/m1/s1. The molecule has 0 aromatic carbocycles. The van der Waals surface area contributed by atoms with Crippen LogP contribution in [-0.4, -0.2) is 44.8 Å². The number of fused-ring (bicyclic) bond motifs is 5. The van der Waals surface area contributed by atoms with Crippen LogP contribution in [-0.2, 0) is 0 Å². The summed E-state index contributed by atoms with van der Waals surface area (Å²) < 4.78 is 0. The Balaban J connectivity index is 1.50. The molecule has 0 bridgehead atoms. The predicted octanol–water partition coefficient (Wildman–Crippen LogP) is 6.17. The molecule has 0 amide bonds. The number of aliphatic hydroxyl groups excluding tert-OH is 3. The van der Waals surface area contributed by atoms with Crippen molar-refractivity contribution in [2.45, 2.75) is 129 Å². The number of hydrogen-bond acceptors (Lipinski definition) is 4. The quantitative estimate of drug-likeness (QED) is 0.269. The molecule has 0 aromatic rings. The molecule has 4 heteroatoms. The topological polar surface area (TPSA) is 80.9 Å². The molecule has 206 valence electrons. The van der Waals surface area contributed by atoms with Gasteiger partial charge in [-0.3, -0.25) is 0 Å². The van der Waals surface area contributed by atoms with Crippen LogP contribution in [0.3, 0.4) is 0 Å². The van der Waals surface area contributed by atoms with Gasteiger partial charge in [-0.05, 0) is 94.3 Å². The van der Waals surface area contributed by atoms with E-state index < -0.39 is 17.8 Å². The number of allylic oxidation sites excluding steroid dienone is 3. The van der Waals surface area contributed by atoms with E-state index in [1.165, 1.54) is 31.3 Å². The van der Waals surface area contributed by atoms with Gasteiger partial charge in [0.15, 0.2) is 0 Å². The van der Waals surface area contributed by atoms with Gasteiger partial charge >= 0.3 is 0 Å². The lowest BCUT2D eigenvalue weighted by Gasteiger charge is -2.58. The van der Waals surface area contributed by atoms with Crippen molar-refractivity contribution in [1.82, 2.24) is 0 Å². The van der Waals surface area contributed by atoms with Crippen molar-refractivity contribution in [3.63, 3.8) is 0 Å². The Morgan fingerprint density at radius 1 is 1.00 bits per heavy atom. The predicted molar refractivity (Wildman–Crippen MR) is 146 cm³/mol. The Morgan fingerprint density at radius 2 is 1.75 bits per heavy atom. The van der Waals surface area contributed by atoms with Gasteiger partial charge in [0.05, 0.1) is 17.8 Å². The monoisotopic (exact) mass is 502 g/mol. The summed E-state index contributed by atoms with van der Waals surface area (Å²) in [5, 5.41) is 42.0. The Hall–Kier alpha value is -0.680. The van der Waals surface area contributed by atoms with Crippen LogP contribution in [0.5, 0.6) is 0 Å². The van der Waals surface area contributed by atoms with Gasteiger partial charge in [-0.1, -0.05) is 69.8 Å². The molecule has 0 aromatic heterocycles. The molecular formula is C32H54O4. The molecule has 4 aliphatic carbocycles. The molecule has 0 saturated heterocycles. The largest absolute Gasteiger partial charge is 0.396 e. The second-order valence-electron chi connectivity index (χ2n) is 14.1. The molecule has 3 saturated carbocycles. The highest BCUT2D eigenvalue weighted by molar-refractivity contribution is 5.40. The number of hydrogen-bond donors (Lipinski definition) is 4. The second-order valence-corrected chi connectivity index (χ2v) is 14.1. The average molecular weight is 503 g/mol. The lowest BCUT2D eigenvalue weighted by atomic mass is 9.48. The van der Waals surface area contributed by atoms with Crippen molar-refractivity contribution in [1.29, 1.82) is 0 Å². The minimum Gasteiger partial charge on any atom is -0.396 e. The average Bonchev–Trinajstić information content (AvgIpc) is 3.16. The van der Waals surface area contributed by atoms with Crippen LogP contribution in [0.2, 0.25) is 0 Å². The molecule has 3 fully saturated rings. The molecule has 0 radical (unpaired) electrons. The molecule has 0 aliphatic heterocycles. The normalized spacial score (nSPS) is 41.1. The van der Waals surface area contributed by atoms with Crippen LogP contribution in [0.4, 0.5) is 0 Å². The van der Waals surface area contributed by atoms with Crippen LogP contribution in [0.25, 0.3) is 0 Å². The third-order valence-electron chi connectivity index (χ3n) is 11.4. The van der Waals surface area contributed by atoms with E-state index in [1.54, 1.807) is 5.57 Å². The van der Waals surface area contributed by atoms with E-state index in [9.17, 15) is 15.3 Å². The summed E-state index contributed by atoms with van der Waals surface area (Å²) in [6.45, 7) is 11.3. The van der Waals surface area contributed by atoms with E-state index in [2.05, 4.69) is 32.9 Å². The summed E-state index contributed by atoms with van der Waals surface area (Å²) in [4.78, 5) is 0. The van der Waals surface area contributed by atoms with Crippen LogP contribution in [0.1, 0.15) is 112 Å². The first-order valence-corrected chi connectivity index (χ1v) is 15.0. The molecule has 0 spiro atoms. The minimum absolute atomic E-state index is 0.0781. The van der Waals surface area contributed by atoms with E-state index in [-0.39, 0.29) is 17.9 Å². The van der Waals surface area contributed by atoms with Crippen molar-refractivity contribution >= 4 is 0 Å². The zero-order valence-electron chi connectivity index (χ0n) is 23.7. The van der Waals surface area contributed by atoms with Crippen molar-refractivity contribution < 1.29 is 20.4 Å². The van der Waals surface area contributed by atoms with Crippen LogP contribution >= 0.6 is 0 Å². The first-order valence-electron chi connectivity index (χ1n) is 15.0. The van der Waals surface area contributed by atoms with Crippen molar-refractivity contribution in [3.05, 3.63) is 23.3 Å². The lowest BCUT2D eigenvalue weighted by molar-refractivity contribution is -0.100. The van der Waals surface area contributed by atoms with Crippen LogP contribution in [0.15, 0.2) is 23.3 Å². The summed E-state index contributed by atoms with van der Waals surface area (Å²) >= 11 is 0. The highest BCUT2D eigenvalue weighted by Crippen LogP contribution is 2.66. The number of rotatable bonds is 10. The van der Waals surface area contributed by atoms with E-state index in [0.717, 1.165) is 50.9 Å². The highest BCUT2D eigenvalue weighted by Gasteiger charge is 2.60. The van der Waals surface area contributed by atoms with E-state index in [4.69, 9.17) is 5.11 Å². The summed E-state index contributed by atoms with van der Waals surface area (Å²) in [7, 11) is 0. The minimum atomic E-state index is -0.572. The maximum absolute atomic E-state index is 11.8. The Bertz CT molecular complexity index is 825. The van der Waals surface area contributed by atoms with Gasteiger partial charge in [0.1, 0.15) is 0 Å². The summed E-state index contributed by atoms with van der Waals surface area (Å²) in [5.41, 5.74) is 2.30. The molecule has 0 heterocycles.